The van der Waals surface area contributed by atoms with Gasteiger partial charge in [-0.25, -0.2) is 4.79 Å². The van der Waals surface area contributed by atoms with Gasteiger partial charge in [-0.3, -0.25) is 4.68 Å². The van der Waals surface area contributed by atoms with Gasteiger partial charge in [0, 0.05) is 36.3 Å². The Morgan fingerprint density at radius 3 is 2.92 bits per heavy atom. The van der Waals surface area contributed by atoms with Crippen LogP contribution in [0.1, 0.15) is 18.1 Å². The van der Waals surface area contributed by atoms with Gasteiger partial charge in [0.1, 0.15) is 11.2 Å². The van der Waals surface area contributed by atoms with Gasteiger partial charge >= 0.3 is 6.03 Å². The van der Waals surface area contributed by atoms with Gasteiger partial charge in [-0.05, 0) is 13.0 Å². The fraction of sp³-hybridized carbons (Fsp3) is 0.294. The van der Waals surface area contributed by atoms with E-state index in [4.69, 9.17) is 4.42 Å². The lowest BCUT2D eigenvalue weighted by Gasteiger charge is -2.22. The Kier molecular flexibility index (Phi) is 4.26. The van der Waals surface area contributed by atoms with Crippen molar-refractivity contribution < 1.29 is 14.3 Å². The van der Waals surface area contributed by atoms with Crippen LogP contribution in [0.3, 0.4) is 0 Å². The zero-order valence-corrected chi connectivity index (χ0v) is 13.6. The number of amides is 2. The van der Waals surface area contributed by atoms with Crippen LogP contribution in [0.5, 0.6) is 0 Å². The number of aryl methyl sites for hydroxylation is 1. The Bertz CT molecular complexity index is 850. The van der Waals surface area contributed by atoms with Crippen molar-refractivity contribution in [3.05, 3.63) is 54.0 Å². The van der Waals surface area contributed by atoms with E-state index in [1.54, 1.807) is 37.3 Å². The van der Waals surface area contributed by atoms with E-state index in [1.807, 2.05) is 24.3 Å². The maximum Gasteiger partial charge on any atom is 0.315 e. The summed E-state index contributed by atoms with van der Waals surface area (Å²) in [6, 6.07) is 7.29. The van der Waals surface area contributed by atoms with Crippen molar-refractivity contribution in [3.63, 3.8) is 0 Å². The third kappa shape index (κ3) is 3.41. The van der Waals surface area contributed by atoms with Crippen molar-refractivity contribution in [1.29, 1.82) is 0 Å². The third-order valence-corrected chi connectivity index (χ3v) is 3.92. The van der Waals surface area contributed by atoms with Crippen LogP contribution >= 0.6 is 0 Å². The van der Waals surface area contributed by atoms with Gasteiger partial charge in [0.05, 0.1) is 19.0 Å². The standard InChI is InChI=1S/C17H20N4O3/c1-17(23,13-8-20-21(2)9-13)11-19-16(22)18-7-12-10-24-15-6-4-3-5-14(12)15/h3-6,8-10,23H,7,11H2,1-2H3,(H2,18,19,22). The van der Waals surface area contributed by atoms with Gasteiger partial charge in [-0.15, -0.1) is 0 Å². The predicted octanol–water partition coefficient (Wildman–Crippen LogP) is 1.87. The average molecular weight is 328 g/mol. The summed E-state index contributed by atoms with van der Waals surface area (Å²) in [5, 5.41) is 20.9. The van der Waals surface area contributed by atoms with Crippen LogP contribution in [0, 0.1) is 0 Å². The van der Waals surface area contributed by atoms with Crippen LogP contribution in [0.4, 0.5) is 4.79 Å². The van der Waals surface area contributed by atoms with E-state index in [2.05, 4.69) is 15.7 Å². The van der Waals surface area contributed by atoms with Crippen LogP contribution < -0.4 is 10.6 Å². The van der Waals surface area contributed by atoms with Gasteiger partial charge in [0.2, 0.25) is 0 Å². The second-order valence-corrected chi connectivity index (χ2v) is 5.97. The molecule has 0 aliphatic carbocycles. The Morgan fingerprint density at radius 1 is 1.38 bits per heavy atom. The molecule has 2 aromatic heterocycles. The summed E-state index contributed by atoms with van der Waals surface area (Å²) in [4.78, 5) is 12.0. The maximum atomic E-state index is 12.0. The molecule has 0 bridgehead atoms. The number of aromatic nitrogens is 2. The molecule has 24 heavy (non-hydrogen) atoms. The molecule has 0 spiro atoms. The molecule has 0 saturated carbocycles. The minimum absolute atomic E-state index is 0.0800. The SMILES string of the molecule is Cn1cc(C(C)(O)CNC(=O)NCc2coc3ccccc23)cn1. The van der Waals surface area contributed by atoms with Crippen molar-refractivity contribution in [2.75, 3.05) is 6.54 Å². The molecule has 3 rings (SSSR count). The molecular formula is C17H20N4O3. The van der Waals surface area contributed by atoms with E-state index >= 15 is 0 Å². The zero-order chi connectivity index (χ0) is 17.2. The highest BCUT2D eigenvalue weighted by atomic mass is 16.3. The lowest BCUT2D eigenvalue weighted by atomic mass is 10.00. The van der Waals surface area contributed by atoms with Crippen LogP contribution in [-0.4, -0.2) is 27.5 Å². The Morgan fingerprint density at radius 2 is 2.17 bits per heavy atom. The first kappa shape index (κ1) is 16.1. The van der Waals surface area contributed by atoms with Crippen molar-refractivity contribution in [1.82, 2.24) is 20.4 Å². The minimum Gasteiger partial charge on any atom is -0.464 e. The second-order valence-electron chi connectivity index (χ2n) is 5.97. The van der Waals surface area contributed by atoms with E-state index in [0.29, 0.717) is 12.1 Å². The molecule has 1 aromatic carbocycles. The normalized spacial score (nSPS) is 13.6. The number of fused-ring (bicyclic) bond motifs is 1. The summed E-state index contributed by atoms with van der Waals surface area (Å²) in [6.07, 6.45) is 4.94. The summed E-state index contributed by atoms with van der Waals surface area (Å²) in [7, 11) is 1.77. The Balaban J connectivity index is 1.54. The van der Waals surface area contributed by atoms with Gasteiger partial charge in [-0.2, -0.15) is 5.10 Å². The molecule has 3 aromatic rings. The number of urea groups is 1. The molecule has 0 aliphatic heterocycles. The smallest absolute Gasteiger partial charge is 0.315 e. The highest BCUT2D eigenvalue weighted by Crippen LogP contribution is 2.20. The van der Waals surface area contributed by atoms with Crippen molar-refractivity contribution in [3.8, 4) is 0 Å². The van der Waals surface area contributed by atoms with Crippen LogP contribution in [0.2, 0.25) is 0 Å². The zero-order valence-electron chi connectivity index (χ0n) is 13.6. The number of para-hydroxylation sites is 1. The van der Waals surface area contributed by atoms with Crippen LogP contribution in [-0.2, 0) is 19.2 Å². The molecule has 1 unspecified atom stereocenters. The lowest BCUT2D eigenvalue weighted by molar-refractivity contribution is 0.0593. The Hall–Kier alpha value is -2.80. The molecule has 1 atom stereocenters. The van der Waals surface area contributed by atoms with Gasteiger partial charge in [-0.1, -0.05) is 18.2 Å². The fourth-order valence-electron chi connectivity index (χ4n) is 2.46. The molecule has 0 aliphatic rings. The largest absolute Gasteiger partial charge is 0.464 e. The quantitative estimate of drug-likeness (QED) is 0.667. The van der Waals surface area contributed by atoms with Crippen LogP contribution in [0.15, 0.2) is 47.3 Å². The molecule has 0 saturated heterocycles. The highest BCUT2D eigenvalue weighted by molar-refractivity contribution is 5.81. The number of aliphatic hydroxyl groups is 1. The van der Waals surface area contributed by atoms with Crippen molar-refractivity contribution in [2.24, 2.45) is 7.05 Å². The number of benzene rings is 1. The first-order valence-electron chi connectivity index (χ1n) is 7.64. The number of rotatable bonds is 5. The first-order valence-corrected chi connectivity index (χ1v) is 7.64. The molecule has 3 N–H and O–H groups in total. The first-order chi connectivity index (χ1) is 11.5. The number of nitrogens with one attached hydrogen (secondary N) is 2. The summed E-state index contributed by atoms with van der Waals surface area (Å²) in [6.45, 7) is 2.06. The van der Waals surface area contributed by atoms with E-state index in [-0.39, 0.29) is 12.6 Å². The number of hydrogen-bond acceptors (Lipinski definition) is 4. The number of carbonyl (C=O) groups is 1. The van der Waals surface area contributed by atoms with Gasteiger partial charge in [0.15, 0.2) is 0 Å². The third-order valence-electron chi connectivity index (χ3n) is 3.92. The Labute approximate surface area is 139 Å². The maximum absolute atomic E-state index is 12.0. The lowest BCUT2D eigenvalue weighted by Crippen LogP contribution is -2.43. The molecule has 126 valence electrons. The molecular weight excluding hydrogens is 308 g/mol. The van der Waals surface area contributed by atoms with E-state index in [9.17, 15) is 9.90 Å². The van der Waals surface area contributed by atoms with E-state index in [1.165, 1.54) is 0 Å². The summed E-state index contributed by atoms with van der Waals surface area (Å²) >= 11 is 0. The summed E-state index contributed by atoms with van der Waals surface area (Å²) < 4.78 is 7.04. The van der Waals surface area contributed by atoms with Gasteiger partial charge in [0.25, 0.3) is 0 Å². The van der Waals surface area contributed by atoms with Crippen LogP contribution in [0.25, 0.3) is 11.0 Å². The highest BCUT2D eigenvalue weighted by Gasteiger charge is 2.25. The molecule has 7 heteroatoms. The molecule has 7 nitrogen and oxygen atoms in total. The van der Waals surface area contributed by atoms with Crippen molar-refractivity contribution >= 4 is 17.0 Å². The fourth-order valence-corrected chi connectivity index (χ4v) is 2.46. The number of furan rings is 1. The molecule has 0 radical (unpaired) electrons. The molecule has 2 heterocycles. The van der Waals surface area contributed by atoms with Crippen molar-refractivity contribution in [2.45, 2.75) is 19.1 Å². The number of carbonyl (C=O) groups excluding carboxylic acids is 1. The minimum atomic E-state index is -1.19. The topological polar surface area (TPSA) is 92.3 Å². The van der Waals surface area contributed by atoms with E-state index < -0.39 is 5.60 Å². The van der Waals surface area contributed by atoms with E-state index in [0.717, 1.165) is 16.5 Å². The molecule has 2 amide bonds. The van der Waals surface area contributed by atoms with Gasteiger partial charge < -0.3 is 20.2 Å². The number of hydrogen-bond donors (Lipinski definition) is 3. The number of nitrogens with zero attached hydrogens (tertiary/aromatic N) is 2. The predicted molar refractivity (Wildman–Crippen MR) is 89.2 cm³/mol. The summed E-state index contributed by atoms with van der Waals surface area (Å²) in [5.74, 6) is 0. The average Bonchev–Trinajstić information content (AvgIpc) is 3.18. The molecule has 0 fully saturated rings. The monoisotopic (exact) mass is 328 g/mol. The second kappa shape index (κ2) is 6.37. The summed E-state index contributed by atoms with van der Waals surface area (Å²) in [5.41, 5.74) is 1.15.